The predicted octanol–water partition coefficient (Wildman–Crippen LogP) is 4.11. The number of hydrogen-bond donors (Lipinski definition) is 1. The van der Waals surface area contributed by atoms with E-state index >= 15 is 0 Å². The van der Waals surface area contributed by atoms with Crippen molar-refractivity contribution in [2.45, 2.75) is 37.2 Å². The highest BCUT2D eigenvalue weighted by molar-refractivity contribution is 7.89. The fourth-order valence-corrected chi connectivity index (χ4v) is 4.87. The maximum Gasteiger partial charge on any atom is 0.387 e. The molecule has 0 aliphatic carbocycles. The molecule has 0 spiro atoms. The fraction of sp³-hybridized carbons (Fsp3) is 0.381. The van der Waals surface area contributed by atoms with Gasteiger partial charge in [0.25, 0.3) is 5.91 Å². The van der Waals surface area contributed by atoms with Gasteiger partial charge < -0.3 is 14.8 Å². The number of nitrogens with zero attached hydrogens (tertiary/aromatic N) is 1. The molecule has 0 saturated carbocycles. The lowest BCUT2D eigenvalue weighted by atomic mass is 10.2. The smallest absolute Gasteiger partial charge is 0.387 e. The molecular formula is C21H24F2N2O5S. The molecule has 31 heavy (non-hydrogen) atoms. The minimum atomic E-state index is -3.59. The summed E-state index contributed by atoms with van der Waals surface area (Å²) in [6.07, 6.45) is 3.72. The number of ether oxygens (including phenoxy) is 2. The Bertz CT molecular complexity index is 1000. The van der Waals surface area contributed by atoms with Gasteiger partial charge in [-0.15, -0.1) is 0 Å². The molecule has 1 fully saturated rings. The standard InChI is InChI=1S/C21H24F2N2O5S/c1-29-18-11-6-15(14-19(18)30-21(22)23)20(26)24-16-7-9-17(10-8-16)31(27,28)25-12-4-2-3-5-13-25/h6-11,14,21H,2-5,12-13H2,1H3,(H,24,26). The van der Waals surface area contributed by atoms with Crippen molar-refractivity contribution in [2.75, 3.05) is 25.5 Å². The van der Waals surface area contributed by atoms with Crippen LogP contribution in [0.5, 0.6) is 11.5 Å². The van der Waals surface area contributed by atoms with E-state index in [4.69, 9.17) is 4.74 Å². The van der Waals surface area contributed by atoms with Crippen molar-refractivity contribution >= 4 is 21.6 Å². The summed E-state index contributed by atoms with van der Waals surface area (Å²) in [6.45, 7) is -2.06. The first-order valence-electron chi connectivity index (χ1n) is 9.85. The third kappa shape index (κ3) is 5.71. The molecule has 7 nitrogen and oxygen atoms in total. The summed E-state index contributed by atoms with van der Waals surface area (Å²) in [5, 5.41) is 2.61. The Morgan fingerprint density at radius 2 is 1.65 bits per heavy atom. The summed E-state index contributed by atoms with van der Waals surface area (Å²) in [4.78, 5) is 12.7. The number of sulfonamides is 1. The number of rotatable bonds is 7. The molecule has 2 aromatic carbocycles. The van der Waals surface area contributed by atoms with Gasteiger partial charge in [0.15, 0.2) is 11.5 Å². The highest BCUT2D eigenvalue weighted by atomic mass is 32.2. The largest absolute Gasteiger partial charge is 0.493 e. The molecule has 1 heterocycles. The van der Waals surface area contributed by atoms with E-state index < -0.39 is 22.5 Å². The van der Waals surface area contributed by atoms with Crippen LogP contribution in [0, 0.1) is 0 Å². The lowest BCUT2D eigenvalue weighted by Crippen LogP contribution is -2.31. The van der Waals surface area contributed by atoms with E-state index in [0.29, 0.717) is 18.8 Å². The molecule has 2 aromatic rings. The first-order valence-corrected chi connectivity index (χ1v) is 11.3. The second-order valence-corrected chi connectivity index (χ2v) is 8.98. The van der Waals surface area contributed by atoms with Crippen LogP contribution in [0.3, 0.4) is 0 Å². The molecule has 0 aromatic heterocycles. The molecule has 1 amide bonds. The van der Waals surface area contributed by atoms with Crippen molar-refractivity contribution in [3.63, 3.8) is 0 Å². The van der Waals surface area contributed by atoms with Gasteiger partial charge in [0.1, 0.15) is 0 Å². The first kappa shape index (κ1) is 23.0. The number of nitrogens with one attached hydrogen (secondary N) is 1. The number of hydrogen-bond acceptors (Lipinski definition) is 5. The molecule has 0 unspecified atom stereocenters. The lowest BCUT2D eigenvalue weighted by molar-refractivity contribution is -0.0512. The van der Waals surface area contributed by atoms with Gasteiger partial charge >= 0.3 is 6.61 Å². The Balaban J connectivity index is 1.73. The van der Waals surface area contributed by atoms with Crippen molar-refractivity contribution < 1.29 is 31.5 Å². The van der Waals surface area contributed by atoms with Crippen molar-refractivity contribution in [3.8, 4) is 11.5 Å². The molecule has 168 valence electrons. The molecule has 0 radical (unpaired) electrons. The van der Waals surface area contributed by atoms with E-state index in [1.165, 1.54) is 47.8 Å². The summed E-state index contributed by atoms with van der Waals surface area (Å²) in [5.74, 6) is -0.756. The van der Waals surface area contributed by atoms with Gasteiger partial charge in [-0.25, -0.2) is 8.42 Å². The van der Waals surface area contributed by atoms with Crippen LogP contribution in [0.25, 0.3) is 0 Å². The molecule has 3 rings (SSSR count). The van der Waals surface area contributed by atoms with E-state index in [1.54, 1.807) is 0 Å². The van der Waals surface area contributed by atoms with Crippen molar-refractivity contribution in [3.05, 3.63) is 48.0 Å². The number of alkyl halides is 2. The van der Waals surface area contributed by atoms with Crippen LogP contribution < -0.4 is 14.8 Å². The Kier molecular flexibility index (Phi) is 7.45. The van der Waals surface area contributed by atoms with Crippen LogP contribution in [-0.2, 0) is 10.0 Å². The molecule has 1 N–H and O–H groups in total. The summed E-state index contributed by atoms with van der Waals surface area (Å²) < 4.78 is 61.7. The number of anilines is 1. The topological polar surface area (TPSA) is 84.9 Å². The van der Waals surface area contributed by atoms with Gasteiger partial charge in [-0.2, -0.15) is 13.1 Å². The van der Waals surface area contributed by atoms with Gasteiger partial charge in [0, 0.05) is 24.3 Å². The summed E-state index contributed by atoms with van der Waals surface area (Å²) in [6, 6.07) is 9.77. The SMILES string of the molecule is COc1ccc(C(=O)Nc2ccc(S(=O)(=O)N3CCCCCC3)cc2)cc1OC(F)F. The summed E-state index contributed by atoms with van der Waals surface area (Å²) in [7, 11) is -2.29. The normalized spacial score (nSPS) is 15.4. The summed E-state index contributed by atoms with van der Waals surface area (Å²) >= 11 is 0. The number of benzene rings is 2. The zero-order valence-electron chi connectivity index (χ0n) is 17.0. The van der Waals surface area contributed by atoms with E-state index in [2.05, 4.69) is 10.1 Å². The average Bonchev–Trinajstić information content (AvgIpc) is 3.04. The molecule has 1 saturated heterocycles. The Morgan fingerprint density at radius 3 is 2.23 bits per heavy atom. The van der Waals surface area contributed by atoms with Gasteiger partial charge in [-0.1, -0.05) is 12.8 Å². The fourth-order valence-electron chi connectivity index (χ4n) is 3.35. The summed E-state index contributed by atoms with van der Waals surface area (Å²) in [5.41, 5.74) is 0.449. The van der Waals surface area contributed by atoms with E-state index in [1.807, 2.05) is 0 Å². The Morgan fingerprint density at radius 1 is 1.00 bits per heavy atom. The Hall–Kier alpha value is -2.72. The molecular weight excluding hydrogens is 430 g/mol. The van der Waals surface area contributed by atoms with Crippen molar-refractivity contribution in [2.24, 2.45) is 0 Å². The third-order valence-corrected chi connectivity index (χ3v) is 6.87. The monoisotopic (exact) mass is 454 g/mol. The van der Waals surface area contributed by atoms with Crippen LogP contribution >= 0.6 is 0 Å². The van der Waals surface area contributed by atoms with Crippen LogP contribution in [0.4, 0.5) is 14.5 Å². The highest BCUT2D eigenvalue weighted by Gasteiger charge is 2.25. The third-order valence-electron chi connectivity index (χ3n) is 4.96. The second kappa shape index (κ2) is 10.1. The van der Waals surface area contributed by atoms with Crippen LogP contribution in [0.15, 0.2) is 47.4 Å². The van der Waals surface area contributed by atoms with E-state index in [-0.39, 0.29) is 22.0 Å². The quantitative estimate of drug-likeness (QED) is 0.681. The minimum Gasteiger partial charge on any atom is -0.493 e. The van der Waals surface area contributed by atoms with Crippen molar-refractivity contribution in [1.29, 1.82) is 0 Å². The van der Waals surface area contributed by atoms with Gasteiger partial charge in [-0.05, 0) is 55.3 Å². The maximum absolute atomic E-state index is 12.8. The van der Waals surface area contributed by atoms with Gasteiger partial charge in [0.05, 0.1) is 12.0 Å². The number of carbonyl (C=O) groups is 1. The van der Waals surface area contributed by atoms with Crippen LogP contribution in [-0.4, -0.2) is 45.4 Å². The van der Waals surface area contributed by atoms with E-state index in [0.717, 1.165) is 31.7 Å². The number of amides is 1. The zero-order chi connectivity index (χ0) is 22.4. The second-order valence-electron chi connectivity index (χ2n) is 7.04. The number of halogens is 2. The van der Waals surface area contributed by atoms with Gasteiger partial charge in [0.2, 0.25) is 10.0 Å². The van der Waals surface area contributed by atoms with Gasteiger partial charge in [-0.3, -0.25) is 4.79 Å². The molecule has 1 aliphatic rings. The highest BCUT2D eigenvalue weighted by Crippen LogP contribution is 2.30. The van der Waals surface area contributed by atoms with Crippen molar-refractivity contribution in [1.82, 2.24) is 4.31 Å². The zero-order valence-corrected chi connectivity index (χ0v) is 17.8. The predicted molar refractivity (Wildman–Crippen MR) is 111 cm³/mol. The molecule has 0 bridgehead atoms. The number of carbonyl (C=O) groups excluding carboxylic acids is 1. The van der Waals surface area contributed by atoms with Crippen LogP contribution in [0.1, 0.15) is 36.0 Å². The average molecular weight is 454 g/mol. The molecule has 10 heteroatoms. The van der Waals surface area contributed by atoms with E-state index in [9.17, 15) is 22.0 Å². The Labute approximate surface area is 180 Å². The van der Waals surface area contributed by atoms with Crippen LogP contribution in [0.2, 0.25) is 0 Å². The molecule has 1 aliphatic heterocycles. The lowest BCUT2D eigenvalue weighted by Gasteiger charge is -2.20. The maximum atomic E-state index is 12.8. The first-order chi connectivity index (χ1) is 14.8. The minimum absolute atomic E-state index is 0.0694. The molecule has 0 atom stereocenters. The number of methoxy groups -OCH3 is 1.